The summed E-state index contributed by atoms with van der Waals surface area (Å²) in [5.41, 5.74) is 2.86. The minimum absolute atomic E-state index is 0.110. The van der Waals surface area contributed by atoms with Crippen molar-refractivity contribution >= 4 is 17.5 Å². The molecule has 0 bridgehead atoms. The first-order chi connectivity index (χ1) is 11.2. The predicted molar refractivity (Wildman–Crippen MR) is 99.0 cm³/mol. The van der Waals surface area contributed by atoms with E-state index in [1.54, 1.807) is 18.2 Å². The van der Waals surface area contributed by atoms with Gasteiger partial charge in [-0.05, 0) is 41.7 Å². The molecule has 2 aromatic carbocycles. The van der Waals surface area contributed by atoms with Crippen molar-refractivity contribution in [3.63, 3.8) is 0 Å². The summed E-state index contributed by atoms with van der Waals surface area (Å²) < 4.78 is 5.24. The molecule has 1 N–H and O–H groups in total. The predicted octanol–water partition coefficient (Wildman–Crippen LogP) is 5.14. The molecule has 0 spiro atoms. The summed E-state index contributed by atoms with van der Waals surface area (Å²) in [6, 6.07) is 13.2. The largest absolute Gasteiger partial charge is 0.496 e. The Kier molecular flexibility index (Phi) is 5.55. The highest BCUT2D eigenvalue weighted by Gasteiger charge is 2.17. The smallest absolute Gasteiger partial charge is 0.255 e. The highest BCUT2D eigenvalue weighted by atomic mass is 35.5. The summed E-state index contributed by atoms with van der Waals surface area (Å²) >= 11 is 6.00. The standard InChI is InChI=1S/C20H24ClNO2/c1-13(14-6-8-15(9-7-14)20(2,3)4)22-19(23)17-12-16(21)10-11-18(17)24-5/h6-13H,1-5H3,(H,22,23)/t13-/m1/s1. The molecule has 2 aromatic rings. The number of carbonyl (C=O) groups excluding carboxylic acids is 1. The van der Waals surface area contributed by atoms with Gasteiger partial charge in [-0.3, -0.25) is 4.79 Å². The summed E-state index contributed by atoms with van der Waals surface area (Å²) in [5.74, 6) is 0.300. The highest BCUT2D eigenvalue weighted by Crippen LogP contribution is 2.25. The topological polar surface area (TPSA) is 38.3 Å². The van der Waals surface area contributed by atoms with E-state index >= 15 is 0 Å². The number of halogens is 1. The van der Waals surface area contributed by atoms with Crippen molar-refractivity contribution in [2.45, 2.75) is 39.2 Å². The number of ether oxygens (including phenoxy) is 1. The van der Waals surface area contributed by atoms with Gasteiger partial charge in [0.25, 0.3) is 5.91 Å². The third-order valence-corrected chi connectivity index (χ3v) is 4.27. The van der Waals surface area contributed by atoms with Crippen LogP contribution < -0.4 is 10.1 Å². The van der Waals surface area contributed by atoms with Gasteiger partial charge in [0.15, 0.2) is 0 Å². The van der Waals surface area contributed by atoms with Crippen LogP contribution in [0.3, 0.4) is 0 Å². The van der Waals surface area contributed by atoms with E-state index in [1.807, 2.05) is 6.92 Å². The molecule has 0 fully saturated rings. The number of amides is 1. The lowest BCUT2D eigenvalue weighted by molar-refractivity contribution is 0.0937. The quantitative estimate of drug-likeness (QED) is 0.833. The van der Waals surface area contributed by atoms with Gasteiger partial charge in [0.2, 0.25) is 0 Å². The Balaban J connectivity index is 2.16. The average molecular weight is 346 g/mol. The molecule has 0 aliphatic heterocycles. The summed E-state index contributed by atoms with van der Waals surface area (Å²) in [6.45, 7) is 8.50. The fourth-order valence-corrected chi connectivity index (χ4v) is 2.66. The Bertz CT molecular complexity index is 717. The van der Waals surface area contributed by atoms with Crippen LogP contribution >= 0.6 is 11.6 Å². The third-order valence-electron chi connectivity index (χ3n) is 4.03. The Morgan fingerprint density at radius 2 is 1.75 bits per heavy atom. The molecular weight excluding hydrogens is 322 g/mol. The fourth-order valence-electron chi connectivity index (χ4n) is 2.49. The van der Waals surface area contributed by atoms with E-state index in [0.717, 1.165) is 5.56 Å². The number of methoxy groups -OCH3 is 1. The SMILES string of the molecule is COc1ccc(Cl)cc1C(=O)N[C@H](C)c1ccc(C(C)(C)C)cc1. The maximum Gasteiger partial charge on any atom is 0.255 e. The van der Waals surface area contributed by atoms with E-state index in [1.165, 1.54) is 12.7 Å². The molecular formula is C20H24ClNO2. The summed E-state index contributed by atoms with van der Waals surface area (Å²) in [7, 11) is 1.54. The molecule has 24 heavy (non-hydrogen) atoms. The molecule has 0 aliphatic carbocycles. The van der Waals surface area contributed by atoms with E-state index in [-0.39, 0.29) is 17.4 Å². The summed E-state index contributed by atoms with van der Waals surface area (Å²) in [5, 5.41) is 3.50. The number of rotatable bonds is 4. The number of benzene rings is 2. The van der Waals surface area contributed by atoms with Crippen molar-refractivity contribution < 1.29 is 9.53 Å². The van der Waals surface area contributed by atoms with Crippen molar-refractivity contribution in [3.8, 4) is 5.75 Å². The van der Waals surface area contributed by atoms with E-state index in [0.29, 0.717) is 16.3 Å². The lowest BCUT2D eigenvalue weighted by Gasteiger charge is -2.21. The maximum atomic E-state index is 12.5. The second-order valence-electron chi connectivity index (χ2n) is 6.91. The second-order valence-corrected chi connectivity index (χ2v) is 7.35. The van der Waals surface area contributed by atoms with Crippen LogP contribution in [0.1, 0.15) is 55.2 Å². The van der Waals surface area contributed by atoms with Crippen molar-refractivity contribution in [1.29, 1.82) is 0 Å². The molecule has 0 saturated carbocycles. The van der Waals surface area contributed by atoms with Crippen LogP contribution in [0.2, 0.25) is 5.02 Å². The summed E-state index contributed by atoms with van der Waals surface area (Å²) in [6.07, 6.45) is 0. The molecule has 0 saturated heterocycles. The lowest BCUT2D eigenvalue weighted by atomic mass is 9.86. The van der Waals surface area contributed by atoms with Gasteiger partial charge < -0.3 is 10.1 Å². The number of nitrogens with one attached hydrogen (secondary N) is 1. The monoisotopic (exact) mass is 345 g/mol. The molecule has 0 aliphatic rings. The van der Waals surface area contributed by atoms with Gasteiger partial charge in [0.05, 0.1) is 18.7 Å². The first kappa shape index (κ1) is 18.3. The summed E-state index contributed by atoms with van der Waals surface area (Å²) in [4.78, 5) is 12.5. The van der Waals surface area contributed by atoms with Gasteiger partial charge in [-0.1, -0.05) is 56.6 Å². The normalized spacial score (nSPS) is 12.6. The van der Waals surface area contributed by atoms with Crippen LogP contribution in [-0.2, 0) is 5.41 Å². The van der Waals surface area contributed by atoms with Gasteiger partial charge in [-0.2, -0.15) is 0 Å². The number of carbonyl (C=O) groups is 1. The Labute approximate surface area is 149 Å². The van der Waals surface area contributed by atoms with Crippen molar-refractivity contribution in [2.75, 3.05) is 7.11 Å². The maximum absolute atomic E-state index is 12.5. The van der Waals surface area contributed by atoms with Crippen LogP contribution in [-0.4, -0.2) is 13.0 Å². The molecule has 0 aromatic heterocycles. The Morgan fingerprint density at radius 3 is 2.29 bits per heavy atom. The fraction of sp³-hybridized carbons (Fsp3) is 0.350. The van der Waals surface area contributed by atoms with Gasteiger partial charge in [0, 0.05) is 5.02 Å². The molecule has 0 heterocycles. The van der Waals surface area contributed by atoms with Gasteiger partial charge in [-0.25, -0.2) is 0 Å². The van der Waals surface area contributed by atoms with Crippen LogP contribution in [0, 0.1) is 0 Å². The third kappa shape index (κ3) is 4.30. The van der Waals surface area contributed by atoms with Crippen LogP contribution in [0.25, 0.3) is 0 Å². The van der Waals surface area contributed by atoms with E-state index in [9.17, 15) is 4.79 Å². The van der Waals surface area contributed by atoms with Crippen molar-refractivity contribution in [3.05, 3.63) is 64.2 Å². The molecule has 2 rings (SSSR count). The zero-order chi connectivity index (χ0) is 17.9. The number of hydrogen-bond acceptors (Lipinski definition) is 2. The zero-order valence-electron chi connectivity index (χ0n) is 14.8. The Hall–Kier alpha value is -2.00. The van der Waals surface area contributed by atoms with Crippen LogP contribution in [0.15, 0.2) is 42.5 Å². The molecule has 0 radical (unpaired) electrons. The van der Waals surface area contributed by atoms with E-state index in [2.05, 4.69) is 50.4 Å². The van der Waals surface area contributed by atoms with Crippen LogP contribution in [0.4, 0.5) is 0 Å². The lowest BCUT2D eigenvalue weighted by Crippen LogP contribution is -2.27. The molecule has 3 nitrogen and oxygen atoms in total. The second kappa shape index (κ2) is 7.27. The van der Waals surface area contributed by atoms with Crippen LogP contribution in [0.5, 0.6) is 5.75 Å². The Morgan fingerprint density at radius 1 is 1.12 bits per heavy atom. The van der Waals surface area contributed by atoms with E-state index < -0.39 is 0 Å². The first-order valence-electron chi connectivity index (χ1n) is 7.97. The highest BCUT2D eigenvalue weighted by molar-refractivity contribution is 6.31. The molecule has 1 atom stereocenters. The molecule has 128 valence electrons. The molecule has 0 unspecified atom stereocenters. The molecule has 4 heteroatoms. The minimum atomic E-state index is -0.207. The first-order valence-corrected chi connectivity index (χ1v) is 8.35. The molecule has 1 amide bonds. The zero-order valence-corrected chi connectivity index (χ0v) is 15.6. The number of hydrogen-bond donors (Lipinski definition) is 1. The minimum Gasteiger partial charge on any atom is -0.496 e. The average Bonchev–Trinajstić information content (AvgIpc) is 2.54. The van der Waals surface area contributed by atoms with E-state index in [4.69, 9.17) is 16.3 Å². The van der Waals surface area contributed by atoms with Crippen molar-refractivity contribution in [2.24, 2.45) is 0 Å². The van der Waals surface area contributed by atoms with Gasteiger partial charge in [-0.15, -0.1) is 0 Å². The van der Waals surface area contributed by atoms with Gasteiger partial charge in [0.1, 0.15) is 5.75 Å². The van der Waals surface area contributed by atoms with Gasteiger partial charge >= 0.3 is 0 Å². The van der Waals surface area contributed by atoms with Crippen molar-refractivity contribution in [1.82, 2.24) is 5.32 Å².